The Hall–Kier alpha value is -1.00. The zero-order chi connectivity index (χ0) is 11.4. The molecule has 0 aromatic heterocycles. The third-order valence-corrected chi connectivity index (χ3v) is 2.24. The molecular weight excluding hydrogens is 200 g/mol. The van der Waals surface area contributed by atoms with Gasteiger partial charge in [0, 0.05) is 17.6 Å². The molecule has 15 heavy (non-hydrogen) atoms. The van der Waals surface area contributed by atoms with Crippen molar-refractivity contribution in [3.8, 4) is 0 Å². The van der Waals surface area contributed by atoms with Gasteiger partial charge < -0.3 is 10.4 Å². The molecule has 1 unspecified atom stereocenters. The molecule has 2 N–H and O–H groups in total. The summed E-state index contributed by atoms with van der Waals surface area (Å²) in [6.45, 7) is 3.34. The summed E-state index contributed by atoms with van der Waals surface area (Å²) in [5.41, 5.74) is 0.0119. The molecule has 0 saturated heterocycles. The van der Waals surface area contributed by atoms with E-state index in [1.807, 2.05) is 0 Å². The topological polar surface area (TPSA) is 32.3 Å². The van der Waals surface area contributed by atoms with Gasteiger partial charge in [0.05, 0.1) is 6.61 Å². The van der Waals surface area contributed by atoms with Crippen LogP contribution in [0.5, 0.6) is 0 Å². The number of aliphatic hydroxyl groups is 1. The van der Waals surface area contributed by atoms with Crippen molar-refractivity contribution in [2.45, 2.75) is 25.9 Å². The van der Waals surface area contributed by atoms with Gasteiger partial charge in [-0.3, -0.25) is 0 Å². The van der Waals surface area contributed by atoms with Crippen molar-refractivity contribution >= 4 is 0 Å². The van der Waals surface area contributed by atoms with E-state index >= 15 is 0 Å². The first-order valence-electron chi connectivity index (χ1n) is 4.87. The number of halogens is 2. The molecule has 0 aliphatic heterocycles. The van der Waals surface area contributed by atoms with Crippen LogP contribution in [-0.2, 0) is 0 Å². The van der Waals surface area contributed by atoms with E-state index in [1.165, 1.54) is 18.2 Å². The first kappa shape index (κ1) is 12.1. The predicted molar refractivity (Wildman–Crippen MR) is 54.5 cm³/mol. The highest BCUT2D eigenvalue weighted by Gasteiger charge is 2.16. The highest BCUT2D eigenvalue weighted by Crippen LogP contribution is 2.20. The van der Waals surface area contributed by atoms with Crippen LogP contribution in [0.1, 0.15) is 25.5 Å². The second kappa shape index (κ2) is 5.19. The summed E-state index contributed by atoms with van der Waals surface area (Å²) < 4.78 is 26.6. The highest BCUT2D eigenvalue weighted by molar-refractivity contribution is 5.22. The summed E-state index contributed by atoms with van der Waals surface area (Å²) in [5, 5.41) is 11.7. The van der Waals surface area contributed by atoms with Crippen LogP contribution >= 0.6 is 0 Å². The molecule has 4 heteroatoms. The molecule has 2 nitrogen and oxygen atoms in total. The molecule has 0 aliphatic rings. The molecule has 84 valence electrons. The van der Waals surface area contributed by atoms with Crippen molar-refractivity contribution in [2.24, 2.45) is 0 Å². The molecule has 0 saturated carbocycles. The van der Waals surface area contributed by atoms with Crippen LogP contribution in [0.25, 0.3) is 0 Å². The SMILES string of the molecule is CC(N[C@H](C)CO)c1c(F)cccc1F. The van der Waals surface area contributed by atoms with Gasteiger partial charge in [0.25, 0.3) is 0 Å². The lowest BCUT2D eigenvalue weighted by atomic mass is 10.1. The minimum atomic E-state index is -0.569. The lowest BCUT2D eigenvalue weighted by Gasteiger charge is -2.19. The Labute approximate surface area is 87.9 Å². The standard InChI is InChI=1S/C11H15F2NO/c1-7(6-15)14-8(2)11-9(12)4-3-5-10(11)13/h3-5,7-8,14-15H,6H2,1-2H3/t7-,8?/m1/s1. The molecule has 0 fully saturated rings. The zero-order valence-corrected chi connectivity index (χ0v) is 8.80. The van der Waals surface area contributed by atoms with Crippen LogP contribution in [0.2, 0.25) is 0 Å². The summed E-state index contributed by atoms with van der Waals surface area (Å²) in [6.07, 6.45) is 0. The van der Waals surface area contributed by atoms with Gasteiger partial charge in [-0.15, -0.1) is 0 Å². The average molecular weight is 215 g/mol. The lowest BCUT2D eigenvalue weighted by Crippen LogP contribution is -2.32. The zero-order valence-electron chi connectivity index (χ0n) is 8.80. The third-order valence-electron chi connectivity index (χ3n) is 2.24. The van der Waals surface area contributed by atoms with Gasteiger partial charge in [-0.25, -0.2) is 8.78 Å². The molecule has 0 spiro atoms. The van der Waals surface area contributed by atoms with Crippen LogP contribution < -0.4 is 5.32 Å². The van der Waals surface area contributed by atoms with Gasteiger partial charge in [-0.2, -0.15) is 0 Å². The maximum absolute atomic E-state index is 13.3. The first-order chi connectivity index (χ1) is 7.06. The molecule has 0 heterocycles. The van der Waals surface area contributed by atoms with Crippen molar-refractivity contribution in [3.05, 3.63) is 35.4 Å². The fraction of sp³-hybridized carbons (Fsp3) is 0.455. The Kier molecular flexibility index (Phi) is 4.17. The number of hydrogen-bond donors (Lipinski definition) is 2. The molecule has 0 radical (unpaired) electrons. The van der Waals surface area contributed by atoms with Crippen LogP contribution in [0.15, 0.2) is 18.2 Å². The maximum atomic E-state index is 13.3. The van der Waals surface area contributed by atoms with Gasteiger partial charge in [0.15, 0.2) is 0 Å². The van der Waals surface area contributed by atoms with Crippen molar-refractivity contribution in [3.63, 3.8) is 0 Å². The Morgan fingerprint density at radius 1 is 1.27 bits per heavy atom. The lowest BCUT2D eigenvalue weighted by molar-refractivity contribution is 0.241. The molecular formula is C11H15F2NO. The molecule has 2 atom stereocenters. The van der Waals surface area contributed by atoms with Crippen molar-refractivity contribution < 1.29 is 13.9 Å². The Balaban J connectivity index is 2.86. The molecule has 1 aromatic carbocycles. The maximum Gasteiger partial charge on any atom is 0.130 e. The van der Waals surface area contributed by atoms with Crippen LogP contribution in [0.4, 0.5) is 8.78 Å². The van der Waals surface area contributed by atoms with Crippen LogP contribution in [0.3, 0.4) is 0 Å². The Morgan fingerprint density at radius 2 is 1.80 bits per heavy atom. The van der Waals surface area contributed by atoms with Gasteiger partial charge in [-0.05, 0) is 26.0 Å². The van der Waals surface area contributed by atoms with E-state index in [0.29, 0.717) is 0 Å². The molecule has 0 aliphatic carbocycles. The van der Waals surface area contributed by atoms with Crippen LogP contribution in [-0.4, -0.2) is 17.8 Å². The van der Waals surface area contributed by atoms with Crippen molar-refractivity contribution in [1.29, 1.82) is 0 Å². The van der Waals surface area contributed by atoms with E-state index < -0.39 is 17.7 Å². The second-order valence-electron chi connectivity index (χ2n) is 3.61. The average Bonchev–Trinajstić information content (AvgIpc) is 2.17. The molecule has 0 bridgehead atoms. The highest BCUT2D eigenvalue weighted by atomic mass is 19.1. The van der Waals surface area contributed by atoms with Gasteiger partial charge in [0.1, 0.15) is 11.6 Å². The van der Waals surface area contributed by atoms with E-state index in [0.717, 1.165) is 0 Å². The van der Waals surface area contributed by atoms with Gasteiger partial charge in [-0.1, -0.05) is 6.07 Å². The summed E-state index contributed by atoms with van der Waals surface area (Å²) in [6, 6.07) is 3.11. The van der Waals surface area contributed by atoms with Crippen molar-refractivity contribution in [2.75, 3.05) is 6.61 Å². The molecule has 1 rings (SSSR count). The number of nitrogens with one attached hydrogen (secondary N) is 1. The van der Waals surface area contributed by atoms with Gasteiger partial charge in [0.2, 0.25) is 0 Å². The molecule has 1 aromatic rings. The fourth-order valence-electron chi connectivity index (χ4n) is 1.49. The smallest absolute Gasteiger partial charge is 0.130 e. The largest absolute Gasteiger partial charge is 0.395 e. The second-order valence-corrected chi connectivity index (χ2v) is 3.61. The minimum Gasteiger partial charge on any atom is -0.395 e. The normalized spacial score (nSPS) is 15.0. The van der Waals surface area contributed by atoms with Gasteiger partial charge >= 0.3 is 0 Å². The monoisotopic (exact) mass is 215 g/mol. The third kappa shape index (κ3) is 2.97. The fourth-order valence-corrected chi connectivity index (χ4v) is 1.49. The number of rotatable bonds is 4. The van der Waals surface area contributed by atoms with E-state index in [2.05, 4.69) is 5.32 Å². The number of aliphatic hydroxyl groups excluding tert-OH is 1. The summed E-state index contributed by atoms with van der Waals surface area (Å²) in [4.78, 5) is 0. The van der Waals surface area contributed by atoms with E-state index in [9.17, 15) is 8.78 Å². The Morgan fingerprint density at radius 3 is 2.27 bits per heavy atom. The Bertz CT molecular complexity index is 310. The van der Waals surface area contributed by atoms with Crippen LogP contribution in [0, 0.1) is 11.6 Å². The summed E-state index contributed by atoms with van der Waals surface area (Å²) in [5.74, 6) is -1.14. The quantitative estimate of drug-likeness (QED) is 0.805. The first-order valence-corrected chi connectivity index (χ1v) is 4.87. The minimum absolute atomic E-state index is 0.0119. The van der Waals surface area contributed by atoms with E-state index in [4.69, 9.17) is 5.11 Å². The molecule has 0 amide bonds. The van der Waals surface area contributed by atoms with E-state index in [-0.39, 0.29) is 18.2 Å². The summed E-state index contributed by atoms with van der Waals surface area (Å²) in [7, 11) is 0. The number of hydrogen-bond acceptors (Lipinski definition) is 2. The number of benzene rings is 1. The predicted octanol–water partition coefficient (Wildman–Crippen LogP) is 2.00. The van der Waals surface area contributed by atoms with E-state index in [1.54, 1.807) is 13.8 Å². The summed E-state index contributed by atoms with van der Waals surface area (Å²) >= 11 is 0. The van der Waals surface area contributed by atoms with Crippen molar-refractivity contribution in [1.82, 2.24) is 5.32 Å².